The minimum absolute atomic E-state index is 0.405. The van der Waals surface area contributed by atoms with Crippen LogP contribution in [0, 0.1) is 0 Å². The Labute approximate surface area is 133 Å². The quantitative estimate of drug-likeness (QED) is 0.853. The molecule has 0 aliphatic rings. The average Bonchev–Trinajstić information content (AvgIpc) is 2.54. The van der Waals surface area contributed by atoms with Gasteiger partial charge < -0.3 is 14.9 Å². The molecule has 1 atom stereocenters. The van der Waals surface area contributed by atoms with Gasteiger partial charge in [-0.2, -0.15) is 0 Å². The van der Waals surface area contributed by atoms with Gasteiger partial charge in [0, 0.05) is 33.4 Å². The highest BCUT2D eigenvalue weighted by Gasteiger charge is 2.09. The topological polar surface area (TPSA) is 39.6 Å². The molecule has 118 valence electrons. The van der Waals surface area contributed by atoms with Gasteiger partial charge in [0.1, 0.15) is 5.82 Å². The van der Waals surface area contributed by atoms with E-state index >= 15 is 0 Å². The first-order chi connectivity index (χ1) is 10.6. The average molecular weight is 299 g/mol. The first kappa shape index (κ1) is 16.5. The number of aromatic nitrogens is 1. The lowest BCUT2D eigenvalue weighted by Gasteiger charge is -2.19. The third kappa shape index (κ3) is 4.83. The molecule has 2 aromatic rings. The normalized spacial score (nSPS) is 12.4. The summed E-state index contributed by atoms with van der Waals surface area (Å²) in [5.74, 6) is 0.964. The van der Waals surface area contributed by atoms with E-state index in [9.17, 15) is 5.11 Å². The second kappa shape index (κ2) is 7.92. The molecule has 0 fully saturated rings. The number of hydrogen-bond donors (Lipinski definition) is 1. The first-order valence-electron chi connectivity index (χ1n) is 7.60. The van der Waals surface area contributed by atoms with E-state index in [4.69, 9.17) is 0 Å². The highest BCUT2D eigenvalue weighted by molar-refractivity contribution is 5.37. The fourth-order valence-corrected chi connectivity index (χ4v) is 2.35. The minimum atomic E-state index is -0.405. The van der Waals surface area contributed by atoms with E-state index in [-0.39, 0.29) is 0 Å². The van der Waals surface area contributed by atoms with Crippen LogP contribution in [0.5, 0.6) is 0 Å². The minimum Gasteiger partial charge on any atom is -0.388 e. The Morgan fingerprint density at radius 3 is 2.36 bits per heavy atom. The van der Waals surface area contributed by atoms with Crippen LogP contribution in [-0.2, 0) is 6.54 Å². The largest absolute Gasteiger partial charge is 0.388 e. The van der Waals surface area contributed by atoms with Crippen molar-refractivity contribution < 1.29 is 5.11 Å². The SMILES string of the molecule is CN(CC[C@H](O)c1ccccc1)Cc1ccc(N(C)C)nc1. The van der Waals surface area contributed by atoms with Crippen molar-refractivity contribution in [1.82, 2.24) is 9.88 Å². The summed E-state index contributed by atoms with van der Waals surface area (Å²) in [5, 5.41) is 10.2. The number of hydrogen-bond acceptors (Lipinski definition) is 4. The monoisotopic (exact) mass is 299 g/mol. The maximum atomic E-state index is 10.2. The second-order valence-electron chi connectivity index (χ2n) is 5.87. The zero-order valence-corrected chi connectivity index (χ0v) is 13.6. The Morgan fingerprint density at radius 1 is 1.05 bits per heavy atom. The fraction of sp³-hybridized carbons (Fsp3) is 0.389. The molecule has 0 aliphatic carbocycles. The van der Waals surface area contributed by atoms with Gasteiger partial charge in [-0.05, 0) is 30.7 Å². The first-order valence-corrected chi connectivity index (χ1v) is 7.60. The lowest BCUT2D eigenvalue weighted by Crippen LogP contribution is -2.21. The van der Waals surface area contributed by atoms with Crippen LogP contribution >= 0.6 is 0 Å². The Kier molecular flexibility index (Phi) is 5.92. The predicted molar refractivity (Wildman–Crippen MR) is 90.9 cm³/mol. The van der Waals surface area contributed by atoms with Crippen molar-refractivity contribution in [2.75, 3.05) is 32.6 Å². The van der Waals surface area contributed by atoms with Gasteiger partial charge in [0.25, 0.3) is 0 Å². The molecule has 0 aliphatic heterocycles. The summed E-state index contributed by atoms with van der Waals surface area (Å²) in [5.41, 5.74) is 2.16. The van der Waals surface area contributed by atoms with Gasteiger partial charge in [-0.25, -0.2) is 4.98 Å². The molecule has 1 aromatic carbocycles. The number of anilines is 1. The van der Waals surface area contributed by atoms with Crippen LogP contribution in [0.1, 0.15) is 23.7 Å². The molecule has 2 rings (SSSR count). The number of rotatable bonds is 7. The van der Waals surface area contributed by atoms with Crippen molar-refractivity contribution in [2.24, 2.45) is 0 Å². The van der Waals surface area contributed by atoms with E-state index in [0.29, 0.717) is 0 Å². The van der Waals surface area contributed by atoms with Crippen molar-refractivity contribution in [3.05, 3.63) is 59.8 Å². The van der Waals surface area contributed by atoms with Gasteiger partial charge in [-0.15, -0.1) is 0 Å². The maximum Gasteiger partial charge on any atom is 0.127 e. The van der Waals surface area contributed by atoms with Crippen LogP contribution in [0.3, 0.4) is 0 Å². The van der Waals surface area contributed by atoms with Crippen molar-refractivity contribution in [2.45, 2.75) is 19.1 Å². The second-order valence-corrected chi connectivity index (χ2v) is 5.87. The van der Waals surface area contributed by atoms with Gasteiger partial charge in [0.15, 0.2) is 0 Å². The molecule has 0 unspecified atom stereocenters. The van der Waals surface area contributed by atoms with E-state index in [1.165, 1.54) is 5.56 Å². The van der Waals surface area contributed by atoms with Crippen LogP contribution in [0.25, 0.3) is 0 Å². The van der Waals surface area contributed by atoms with Gasteiger partial charge in [0.05, 0.1) is 6.10 Å². The summed E-state index contributed by atoms with van der Waals surface area (Å²) in [6.07, 6.45) is 2.24. The van der Waals surface area contributed by atoms with Crippen LogP contribution in [-0.4, -0.2) is 42.7 Å². The molecule has 0 bridgehead atoms. The fourth-order valence-electron chi connectivity index (χ4n) is 2.35. The molecule has 0 saturated heterocycles. The van der Waals surface area contributed by atoms with Crippen LogP contribution in [0.4, 0.5) is 5.82 Å². The van der Waals surface area contributed by atoms with Crippen molar-refractivity contribution in [1.29, 1.82) is 0 Å². The van der Waals surface area contributed by atoms with E-state index in [1.807, 2.05) is 61.6 Å². The number of benzene rings is 1. The number of aliphatic hydroxyl groups excluding tert-OH is 1. The standard InChI is InChI=1S/C18H25N3O/c1-20(2)18-10-9-15(13-19-18)14-21(3)12-11-17(22)16-7-5-4-6-8-16/h4-10,13,17,22H,11-12,14H2,1-3H3/t17-/m0/s1. The van der Waals surface area contributed by atoms with E-state index in [2.05, 4.69) is 23.0 Å². The zero-order chi connectivity index (χ0) is 15.9. The molecule has 0 spiro atoms. The Balaban J connectivity index is 1.81. The molecule has 4 nitrogen and oxygen atoms in total. The van der Waals surface area contributed by atoms with Gasteiger partial charge in [0.2, 0.25) is 0 Å². The summed E-state index contributed by atoms with van der Waals surface area (Å²) >= 11 is 0. The lowest BCUT2D eigenvalue weighted by atomic mass is 10.1. The molecular weight excluding hydrogens is 274 g/mol. The molecule has 0 saturated carbocycles. The summed E-state index contributed by atoms with van der Waals surface area (Å²) in [6.45, 7) is 1.67. The molecule has 22 heavy (non-hydrogen) atoms. The summed E-state index contributed by atoms with van der Waals surface area (Å²) in [4.78, 5) is 8.62. The molecule has 1 aromatic heterocycles. The van der Waals surface area contributed by atoms with E-state index in [1.54, 1.807) is 0 Å². The third-order valence-corrected chi connectivity index (χ3v) is 3.69. The van der Waals surface area contributed by atoms with E-state index in [0.717, 1.165) is 30.9 Å². The van der Waals surface area contributed by atoms with Crippen molar-refractivity contribution >= 4 is 5.82 Å². The van der Waals surface area contributed by atoms with E-state index < -0.39 is 6.10 Å². The number of aliphatic hydroxyl groups is 1. The summed E-state index contributed by atoms with van der Waals surface area (Å²) in [7, 11) is 6.04. The Bertz CT molecular complexity index is 554. The van der Waals surface area contributed by atoms with Gasteiger partial charge in [-0.3, -0.25) is 0 Å². The number of pyridine rings is 1. The van der Waals surface area contributed by atoms with Gasteiger partial charge >= 0.3 is 0 Å². The van der Waals surface area contributed by atoms with Crippen molar-refractivity contribution in [3.63, 3.8) is 0 Å². The third-order valence-electron chi connectivity index (χ3n) is 3.69. The Hall–Kier alpha value is -1.91. The molecule has 0 amide bonds. The highest BCUT2D eigenvalue weighted by Crippen LogP contribution is 2.17. The highest BCUT2D eigenvalue weighted by atomic mass is 16.3. The zero-order valence-electron chi connectivity index (χ0n) is 13.6. The van der Waals surface area contributed by atoms with Crippen LogP contribution in [0.2, 0.25) is 0 Å². The van der Waals surface area contributed by atoms with Crippen molar-refractivity contribution in [3.8, 4) is 0 Å². The van der Waals surface area contributed by atoms with Crippen LogP contribution in [0.15, 0.2) is 48.7 Å². The Morgan fingerprint density at radius 2 is 1.77 bits per heavy atom. The smallest absolute Gasteiger partial charge is 0.127 e. The predicted octanol–water partition coefficient (Wildman–Crippen LogP) is 2.70. The molecule has 1 heterocycles. The molecule has 0 radical (unpaired) electrons. The number of nitrogens with zero attached hydrogens (tertiary/aromatic N) is 3. The summed E-state index contributed by atoms with van der Waals surface area (Å²) in [6, 6.07) is 13.9. The molecule has 1 N–H and O–H groups in total. The lowest BCUT2D eigenvalue weighted by molar-refractivity contribution is 0.147. The van der Waals surface area contributed by atoms with Crippen LogP contribution < -0.4 is 4.90 Å². The maximum absolute atomic E-state index is 10.2. The molecule has 4 heteroatoms. The van der Waals surface area contributed by atoms with Gasteiger partial charge in [-0.1, -0.05) is 36.4 Å². The molecular formula is C18H25N3O. The summed E-state index contributed by atoms with van der Waals surface area (Å²) < 4.78 is 0.